The van der Waals surface area contributed by atoms with E-state index >= 15 is 0 Å². The van der Waals surface area contributed by atoms with Crippen molar-refractivity contribution in [3.63, 3.8) is 0 Å². The van der Waals surface area contributed by atoms with Crippen LogP contribution >= 0.6 is 0 Å². The van der Waals surface area contributed by atoms with Crippen molar-refractivity contribution in [3.05, 3.63) is 11.8 Å². The van der Waals surface area contributed by atoms with Crippen molar-refractivity contribution < 1.29 is 5.11 Å². The third-order valence-electron chi connectivity index (χ3n) is 3.14. The predicted octanol–water partition coefficient (Wildman–Crippen LogP) is 2.97. The van der Waals surface area contributed by atoms with Crippen LogP contribution in [0, 0.1) is 5.92 Å². The van der Waals surface area contributed by atoms with Crippen molar-refractivity contribution in [2.24, 2.45) is 5.92 Å². The van der Waals surface area contributed by atoms with E-state index in [9.17, 15) is 5.11 Å². The molecule has 13 heavy (non-hydrogen) atoms. The fourth-order valence-corrected chi connectivity index (χ4v) is 3.52. The molecule has 0 aliphatic heterocycles. The standard InChI is InChI=1S/C11H22OSi/c1-9(13(2,3)4)10-7-5-6-8-11(10)12/h10-12H,1,5-8H2,2-4H3/t10-,11+/m0/s1. The van der Waals surface area contributed by atoms with Crippen LogP contribution in [0.5, 0.6) is 0 Å². The summed E-state index contributed by atoms with van der Waals surface area (Å²) < 4.78 is 0. The highest BCUT2D eigenvalue weighted by Gasteiger charge is 2.31. The molecule has 0 aromatic rings. The maximum atomic E-state index is 9.86. The first-order valence-corrected chi connectivity index (χ1v) is 8.80. The van der Waals surface area contributed by atoms with Crippen molar-refractivity contribution >= 4 is 8.07 Å². The lowest BCUT2D eigenvalue weighted by molar-refractivity contribution is 0.0903. The molecule has 0 heterocycles. The Bertz CT molecular complexity index is 193. The number of aliphatic hydroxyl groups excluding tert-OH is 1. The summed E-state index contributed by atoms with van der Waals surface area (Å²) in [6, 6.07) is 0. The topological polar surface area (TPSA) is 20.2 Å². The van der Waals surface area contributed by atoms with Gasteiger partial charge in [-0.25, -0.2) is 0 Å². The Kier molecular flexibility index (Phi) is 3.36. The van der Waals surface area contributed by atoms with E-state index in [4.69, 9.17) is 0 Å². The molecule has 1 nitrogen and oxygen atoms in total. The largest absolute Gasteiger partial charge is 0.393 e. The number of hydrogen-bond donors (Lipinski definition) is 1. The van der Waals surface area contributed by atoms with E-state index in [2.05, 4.69) is 26.2 Å². The van der Waals surface area contributed by atoms with Gasteiger partial charge in [0.25, 0.3) is 0 Å². The van der Waals surface area contributed by atoms with Crippen LogP contribution in [0.1, 0.15) is 25.7 Å². The molecule has 0 radical (unpaired) electrons. The summed E-state index contributed by atoms with van der Waals surface area (Å²) in [5.41, 5.74) is 0. The zero-order valence-corrected chi connectivity index (χ0v) is 10.1. The van der Waals surface area contributed by atoms with E-state index in [0.29, 0.717) is 5.92 Å². The molecule has 1 aliphatic rings. The summed E-state index contributed by atoms with van der Waals surface area (Å²) in [5.74, 6) is 0.403. The number of hydrogen-bond acceptors (Lipinski definition) is 1. The van der Waals surface area contributed by atoms with Crippen LogP contribution in [0.2, 0.25) is 19.6 Å². The van der Waals surface area contributed by atoms with Gasteiger partial charge in [0.15, 0.2) is 0 Å². The second kappa shape index (κ2) is 3.97. The Morgan fingerprint density at radius 3 is 2.23 bits per heavy atom. The van der Waals surface area contributed by atoms with Gasteiger partial charge in [-0.05, 0) is 12.8 Å². The fraction of sp³-hybridized carbons (Fsp3) is 0.818. The molecule has 2 atom stereocenters. The summed E-state index contributed by atoms with van der Waals surface area (Å²) in [6.07, 6.45) is 4.49. The van der Waals surface area contributed by atoms with Crippen molar-refractivity contribution in [2.75, 3.05) is 0 Å². The molecule has 1 saturated carbocycles. The highest BCUT2D eigenvalue weighted by Crippen LogP contribution is 2.33. The Morgan fingerprint density at radius 2 is 1.77 bits per heavy atom. The molecular formula is C11H22OSi. The molecule has 76 valence electrons. The summed E-state index contributed by atoms with van der Waals surface area (Å²) in [6.45, 7) is 11.2. The lowest BCUT2D eigenvalue weighted by Gasteiger charge is -2.34. The Labute approximate surface area is 82.9 Å². The monoisotopic (exact) mass is 198 g/mol. The lowest BCUT2D eigenvalue weighted by atomic mass is 9.86. The van der Waals surface area contributed by atoms with Crippen molar-refractivity contribution in [1.29, 1.82) is 0 Å². The van der Waals surface area contributed by atoms with Gasteiger partial charge in [-0.2, -0.15) is 0 Å². The summed E-state index contributed by atoms with van der Waals surface area (Å²) in [5, 5.41) is 11.2. The van der Waals surface area contributed by atoms with Crippen molar-refractivity contribution in [2.45, 2.75) is 51.4 Å². The average molecular weight is 198 g/mol. The van der Waals surface area contributed by atoms with Crippen LogP contribution in [0.25, 0.3) is 0 Å². The van der Waals surface area contributed by atoms with Crippen LogP contribution in [0.15, 0.2) is 11.8 Å². The second-order valence-electron chi connectivity index (χ2n) is 5.23. The first kappa shape index (κ1) is 11.0. The van der Waals surface area contributed by atoms with Crippen LogP contribution in [0.3, 0.4) is 0 Å². The highest BCUT2D eigenvalue weighted by molar-refractivity contribution is 6.83. The minimum Gasteiger partial charge on any atom is -0.393 e. The third kappa shape index (κ3) is 2.68. The molecule has 1 fully saturated rings. The van der Waals surface area contributed by atoms with E-state index in [1.165, 1.54) is 18.0 Å². The van der Waals surface area contributed by atoms with Gasteiger partial charge in [-0.3, -0.25) is 0 Å². The van der Waals surface area contributed by atoms with Gasteiger partial charge in [-0.15, -0.1) is 6.58 Å². The molecule has 0 saturated heterocycles. The van der Waals surface area contributed by atoms with Crippen LogP contribution < -0.4 is 0 Å². The van der Waals surface area contributed by atoms with Gasteiger partial charge in [0.1, 0.15) is 0 Å². The molecule has 0 bridgehead atoms. The number of rotatable bonds is 2. The normalized spacial score (nSPS) is 30.2. The van der Waals surface area contributed by atoms with E-state index in [1.54, 1.807) is 0 Å². The minimum atomic E-state index is -1.24. The Morgan fingerprint density at radius 1 is 1.23 bits per heavy atom. The van der Waals surface area contributed by atoms with Gasteiger partial charge in [-0.1, -0.05) is 37.7 Å². The minimum absolute atomic E-state index is 0.104. The molecule has 1 rings (SSSR count). The molecule has 0 amide bonds. The maximum absolute atomic E-state index is 9.86. The molecule has 0 unspecified atom stereocenters. The Balaban J connectivity index is 2.64. The summed E-state index contributed by atoms with van der Waals surface area (Å²) >= 11 is 0. The zero-order valence-electron chi connectivity index (χ0n) is 9.14. The quantitative estimate of drug-likeness (QED) is 0.676. The molecule has 0 aromatic heterocycles. The molecule has 0 spiro atoms. The van der Waals surface area contributed by atoms with E-state index in [-0.39, 0.29) is 6.10 Å². The van der Waals surface area contributed by atoms with Crippen LogP contribution in [0.4, 0.5) is 0 Å². The number of aliphatic hydroxyl groups is 1. The smallest absolute Gasteiger partial charge is 0.0721 e. The first-order valence-electron chi connectivity index (χ1n) is 5.30. The average Bonchev–Trinajstić information content (AvgIpc) is 2.02. The Hall–Kier alpha value is -0.0831. The summed E-state index contributed by atoms with van der Waals surface area (Å²) in [4.78, 5) is 0. The van der Waals surface area contributed by atoms with Gasteiger partial charge in [0.2, 0.25) is 0 Å². The third-order valence-corrected chi connectivity index (χ3v) is 5.44. The molecular weight excluding hydrogens is 176 g/mol. The summed E-state index contributed by atoms with van der Waals surface area (Å²) in [7, 11) is -1.24. The van der Waals surface area contributed by atoms with E-state index in [0.717, 1.165) is 12.8 Å². The molecule has 1 aliphatic carbocycles. The molecule has 0 aromatic carbocycles. The molecule has 1 N–H and O–H groups in total. The van der Waals surface area contributed by atoms with Crippen LogP contribution in [-0.2, 0) is 0 Å². The van der Waals surface area contributed by atoms with Gasteiger partial charge < -0.3 is 5.11 Å². The van der Waals surface area contributed by atoms with Crippen molar-refractivity contribution in [1.82, 2.24) is 0 Å². The van der Waals surface area contributed by atoms with Gasteiger partial charge in [0, 0.05) is 5.92 Å². The van der Waals surface area contributed by atoms with Gasteiger partial charge >= 0.3 is 0 Å². The zero-order chi connectivity index (χ0) is 10.1. The van der Waals surface area contributed by atoms with E-state index in [1.807, 2.05) is 0 Å². The fourth-order valence-electron chi connectivity index (χ4n) is 2.07. The van der Waals surface area contributed by atoms with Crippen LogP contribution in [-0.4, -0.2) is 19.3 Å². The second-order valence-corrected chi connectivity index (χ2v) is 10.4. The predicted molar refractivity (Wildman–Crippen MR) is 60.5 cm³/mol. The van der Waals surface area contributed by atoms with E-state index < -0.39 is 8.07 Å². The van der Waals surface area contributed by atoms with Gasteiger partial charge in [0.05, 0.1) is 14.2 Å². The first-order chi connectivity index (χ1) is 5.93. The molecule has 2 heteroatoms. The maximum Gasteiger partial charge on any atom is 0.0721 e. The lowest BCUT2D eigenvalue weighted by Crippen LogP contribution is -2.36. The SMILES string of the molecule is C=C([C@@H]1CCCC[C@H]1O)[Si](C)(C)C. The highest BCUT2D eigenvalue weighted by atomic mass is 28.3. The van der Waals surface area contributed by atoms with Crippen molar-refractivity contribution in [3.8, 4) is 0 Å².